The molecule has 1 aromatic carbocycles. The van der Waals surface area contributed by atoms with Crippen molar-refractivity contribution in [2.75, 3.05) is 13.1 Å². The Kier molecular flexibility index (Phi) is 6.52. The quantitative estimate of drug-likeness (QED) is 0.726. The van der Waals surface area contributed by atoms with Gasteiger partial charge in [0.1, 0.15) is 5.69 Å². The monoisotopic (exact) mass is 429 g/mol. The third-order valence-corrected chi connectivity index (χ3v) is 6.06. The van der Waals surface area contributed by atoms with E-state index in [9.17, 15) is 14.7 Å². The standard InChI is InChI=1S/C18H21Cl2N3O3S/c1-5-23(6-2)17(25)13-14(27-16(22-13)15(21)24)9-7-8-10(18(3,4)26)12(20)11(9)19/h7-8,26H,5-6H2,1-4H3,(H2,21,24). The first-order valence-electron chi connectivity index (χ1n) is 8.33. The summed E-state index contributed by atoms with van der Waals surface area (Å²) in [7, 11) is 0. The summed E-state index contributed by atoms with van der Waals surface area (Å²) in [4.78, 5) is 30.6. The number of halogens is 2. The van der Waals surface area contributed by atoms with Crippen molar-refractivity contribution in [2.24, 2.45) is 5.73 Å². The summed E-state index contributed by atoms with van der Waals surface area (Å²) in [6.45, 7) is 7.87. The average molecular weight is 430 g/mol. The molecular formula is C18H21Cl2N3O3S. The maximum absolute atomic E-state index is 12.9. The molecule has 0 saturated heterocycles. The molecule has 3 N–H and O–H groups in total. The number of nitrogens with zero attached hydrogens (tertiary/aromatic N) is 2. The first-order chi connectivity index (χ1) is 12.5. The number of aliphatic hydroxyl groups is 1. The molecule has 6 nitrogen and oxygen atoms in total. The summed E-state index contributed by atoms with van der Waals surface area (Å²) in [5.41, 5.74) is 5.18. The number of nitrogens with two attached hydrogens (primary N) is 1. The van der Waals surface area contributed by atoms with E-state index in [4.69, 9.17) is 28.9 Å². The molecule has 2 amide bonds. The summed E-state index contributed by atoms with van der Waals surface area (Å²) >= 11 is 13.8. The van der Waals surface area contributed by atoms with E-state index in [1.165, 1.54) is 0 Å². The predicted octanol–water partition coefficient (Wildman–Crippen LogP) is 3.93. The second-order valence-electron chi connectivity index (χ2n) is 6.39. The highest BCUT2D eigenvalue weighted by atomic mass is 35.5. The fraction of sp³-hybridized carbons (Fsp3) is 0.389. The Morgan fingerprint density at radius 2 is 1.81 bits per heavy atom. The highest BCUT2D eigenvalue weighted by Gasteiger charge is 2.28. The molecule has 0 unspecified atom stereocenters. The summed E-state index contributed by atoms with van der Waals surface area (Å²) in [5, 5.41) is 10.6. The highest BCUT2D eigenvalue weighted by Crippen LogP contribution is 2.42. The minimum Gasteiger partial charge on any atom is -0.386 e. The van der Waals surface area contributed by atoms with Gasteiger partial charge in [-0.15, -0.1) is 11.3 Å². The fourth-order valence-electron chi connectivity index (χ4n) is 2.61. The number of thiazole rings is 1. The molecule has 0 aliphatic rings. The van der Waals surface area contributed by atoms with E-state index in [-0.39, 0.29) is 26.7 Å². The Hall–Kier alpha value is -1.67. The molecule has 0 aliphatic carbocycles. The second-order valence-corrected chi connectivity index (χ2v) is 8.14. The van der Waals surface area contributed by atoms with Crippen LogP contribution in [0, 0.1) is 0 Å². The first-order valence-corrected chi connectivity index (χ1v) is 9.91. The van der Waals surface area contributed by atoms with Crippen molar-refractivity contribution in [1.29, 1.82) is 0 Å². The van der Waals surface area contributed by atoms with Crippen LogP contribution in [-0.4, -0.2) is 39.9 Å². The average Bonchev–Trinajstić information content (AvgIpc) is 3.02. The topological polar surface area (TPSA) is 96.5 Å². The Morgan fingerprint density at radius 3 is 2.30 bits per heavy atom. The molecule has 1 heterocycles. The molecule has 0 fully saturated rings. The summed E-state index contributed by atoms with van der Waals surface area (Å²) < 4.78 is 0. The Bertz CT molecular complexity index is 887. The third-order valence-electron chi connectivity index (χ3n) is 4.08. The molecule has 2 aromatic rings. The van der Waals surface area contributed by atoms with Gasteiger partial charge in [0.05, 0.1) is 20.5 Å². The first kappa shape index (κ1) is 21.6. The van der Waals surface area contributed by atoms with E-state index >= 15 is 0 Å². The Morgan fingerprint density at radius 1 is 1.22 bits per heavy atom. The van der Waals surface area contributed by atoms with Gasteiger partial charge in [-0.05, 0) is 27.7 Å². The predicted molar refractivity (Wildman–Crippen MR) is 109 cm³/mol. The van der Waals surface area contributed by atoms with Crippen molar-refractivity contribution in [3.63, 3.8) is 0 Å². The number of carbonyl (C=O) groups is 2. The lowest BCUT2D eigenvalue weighted by Crippen LogP contribution is -2.31. The van der Waals surface area contributed by atoms with Crippen LogP contribution in [0.1, 0.15) is 53.5 Å². The Labute approximate surface area is 171 Å². The van der Waals surface area contributed by atoms with Gasteiger partial charge in [0.2, 0.25) is 0 Å². The molecule has 2 rings (SSSR count). The van der Waals surface area contributed by atoms with Crippen LogP contribution in [0.2, 0.25) is 10.0 Å². The molecule has 0 saturated carbocycles. The largest absolute Gasteiger partial charge is 0.386 e. The molecule has 0 atom stereocenters. The van der Waals surface area contributed by atoms with E-state index in [0.29, 0.717) is 29.1 Å². The van der Waals surface area contributed by atoms with Gasteiger partial charge in [0, 0.05) is 24.2 Å². The summed E-state index contributed by atoms with van der Waals surface area (Å²) in [5.74, 6) is -1.05. The van der Waals surface area contributed by atoms with Crippen LogP contribution in [-0.2, 0) is 5.60 Å². The van der Waals surface area contributed by atoms with Crippen molar-refractivity contribution in [3.05, 3.63) is 38.4 Å². The molecule has 146 valence electrons. The normalized spacial score (nSPS) is 11.5. The zero-order chi connectivity index (χ0) is 20.5. The lowest BCUT2D eigenvalue weighted by molar-refractivity contribution is 0.0766. The van der Waals surface area contributed by atoms with Crippen LogP contribution in [0.3, 0.4) is 0 Å². The van der Waals surface area contributed by atoms with Crippen molar-refractivity contribution < 1.29 is 14.7 Å². The molecule has 0 radical (unpaired) electrons. The SMILES string of the molecule is CCN(CC)C(=O)c1nc(C(N)=O)sc1-c1ccc(C(C)(C)O)c(Cl)c1Cl. The van der Waals surface area contributed by atoms with Crippen LogP contribution >= 0.6 is 34.5 Å². The van der Waals surface area contributed by atoms with Crippen LogP contribution in [0.15, 0.2) is 12.1 Å². The number of hydrogen-bond acceptors (Lipinski definition) is 5. The van der Waals surface area contributed by atoms with Gasteiger partial charge in [-0.2, -0.15) is 0 Å². The van der Waals surface area contributed by atoms with Gasteiger partial charge in [-0.25, -0.2) is 4.98 Å². The number of rotatable bonds is 6. The molecule has 1 aromatic heterocycles. The maximum atomic E-state index is 12.9. The van der Waals surface area contributed by atoms with Crippen LogP contribution in [0.25, 0.3) is 10.4 Å². The van der Waals surface area contributed by atoms with Gasteiger partial charge >= 0.3 is 0 Å². The van der Waals surface area contributed by atoms with E-state index < -0.39 is 11.5 Å². The van der Waals surface area contributed by atoms with Gasteiger partial charge in [0.25, 0.3) is 11.8 Å². The third kappa shape index (κ3) is 4.27. The summed E-state index contributed by atoms with van der Waals surface area (Å²) in [6.07, 6.45) is 0. The molecule has 0 aliphatic heterocycles. The number of carbonyl (C=O) groups excluding carboxylic acids is 2. The highest BCUT2D eigenvalue weighted by molar-refractivity contribution is 7.17. The lowest BCUT2D eigenvalue weighted by atomic mass is 9.96. The fourth-order valence-corrected chi connectivity index (χ4v) is 4.26. The Balaban J connectivity index is 2.70. The van der Waals surface area contributed by atoms with Gasteiger partial charge < -0.3 is 15.7 Å². The minimum absolute atomic E-state index is 0.0132. The van der Waals surface area contributed by atoms with Crippen molar-refractivity contribution in [1.82, 2.24) is 9.88 Å². The zero-order valence-electron chi connectivity index (χ0n) is 15.5. The van der Waals surface area contributed by atoms with Gasteiger partial charge in [-0.1, -0.05) is 35.3 Å². The number of primary amides is 1. The number of aromatic nitrogens is 1. The second kappa shape index (κ2) is 8.14. The minimum atomic E-state index is -1.19. The van der Waals surface area contributed by atoms with Crippen LogP contribution in [0.4, 0.5) is 0 Å². The van der Waals surface area contributed by atoms with E-state index in [1.54, 1.807) is 30.9 Å². The molecule has 0 bridgehead atoms. The van der Waals surface area contributed by atoms with Gasteiger partial charge in [0.15, 0.2) is 5.01 Å². The van der Waals surface area contributed by atoms with E-state index in [2.05, 4.69) is 4.98 Å². The lowest BCUT2D eigenvalue weighted by Gasteiger charge is -2.21. The number of amides is 2. The molecule has 9 heteroatoms. The smallest absolute Gasteiger partial charge is 0.277 e. The zero-order valence-corrected chi connectivity index (χ0v) is 17.8. The summed E-state index contributed by atoms with van der Waals surface area (Å²) in [6, 6.07) is 3.29. The van der Waals surface area contributed by atoms with Crippen molar-refractivity contribution >= 4 is 46.4 Å². The molecular weight excluding hydrogens is 409 g/mol. The van der Waals surface area contributed by atoms with Crippen LogP contribution in [0.5, 0.6) is 0 Å². The number of hydrogen-bond donors (Lipinski definition) is 2. The van der Waals surface area contributed by atoms with Gasteiger partial charge in [-0.3, -0.25) is 9.59 Å². The van der Waals surface area contributed by atoms with E-state index in [1.807, 2.05) is 13.8 Å². The maximum Gasteiger partial charge on any atom is 0.277 e. The molecule has 27 heavy (non-hydrogen) atoms. The van der Waals surface area contributed by atoms with Crippen molar-refractivity contribution in [2.45, 2.75) is 33.3 Å². The van der Waals surface area contributed by atoms with Crippen LogP contribution < -0.4 is 5.73 Å². The molecule has 0 spiro atoms. The number of benzene rings is 1. The van der Waals surface area contributed by atoms with Crippen molar-refractivity contribution in [3.8, 4) is 10.4 Å². The van der Waals surface area contributed by atoms with E-state index in [0.717, 1.165) is 11.3 Å².